The number of thiol groups is 1. The van der Waals surface area contributed by atoms with Crippen LogP contribution in [0, 0.1) is 0 Å². The van der Waals surface area contributed by atoms with Crippen molar-refractivity contribution in [2.24, 2.45) is 0 Å². The van der Waals surface area contributed by atoms with Crippen molar-refractivity contribution >= 4 is 30.2 Å². The van der Waals surface area contributed by atoms with Gasteiger partial charge >= 0.3 is 17.6 Å². The van der Waals surface area contributed by atoms with Gasteiger partial charge in [0.25, 0.3) is 0 Å². The molecule has 1 unspecified atom stereocenters. The Morgan fingerprint density at radius 1 is 0.808 bits per heavy atom. The summed E-state index contributed by atoms with van der Waals surface area (Å²) in [5.41, 5.74) is 0. The highest BCUT2D eigenvalue weighted by atomic mass is 32.1. The summed E-state index contributed by atoms with van der Waals surface area (Å²) >= 11 is 4.10. The number of epoxide rings is 1. The molecule has 0 aromatic carbocycles. The Bertz CT molecular complexity index is 312. The predicted octanol–water partition coefficient (Wildman–Crippen LogP) is 1.85. The Labute approximate surface area is 165 Å². The van der Waals surface area contributed by atoms with Crippen LogP contribution >= 0.6 is 12.6 Å². The first kappa shape index (κ1) is 26.5. The van der Waals surface area contributed by atoms with E-state index in [0.29, 0.717) is 19.3 Å². The molecule has 0 aromatic heterocycles. The molecule has 0 spiro atoms. The molecule has 1 saturated heterocycles. The first-order valence-corrected chi connectivity index (χ1v) is 13.1. The van der Waals surface area contributed by atoms with Crippen LogP contribution in [0.2, 0.25) is 12.1 Å². The normalized spacial score (nSPS) is 17.0. The lowest BCUT2D eigenvalue weighted by atomic mass is 10.5. The molecule has 0 radical (unpaired) electrons. The third-order valence-corrected chi connectivity index (χ3v) is 9.96. The first-order chi connectivity index (χ1) is 12.5. The van der Waals surface area contributed by atoms with Crippen LogP contribution in [0.4, 0.5) is 0 Å². The number of hydrogen-bond donors (Lipinski definition) is 1. The second kappa shape index (κ2) is 15.4. The topological polar surface area (TPSA) is 77.1 Å². The van der Waals surface area contributed by atoms with E-state index >= 15 is 0 Å². The van der Waals surface area contributed by atoms with E-state index in [1.54, 1.807) is 42.7 Å². The summed E-state index contributed by atoms with van der Waals surface area (Å²) in [6.45, 7) is 2.24. The molecule has 158 valence electrons. The minimum Gasteiger partial charge on any atom is -0.379 e. The molecule has 1 fully saturated rings. The van der Waals surface area contributed by atoms with Crippen LogP contribution in [0.3, 0.4) is 0 Å². The summed E-state index contributed by atoms with van der Waals surface area (Å²) in [7, 11) is 5.06. The smallest absolute Gasteiger partial charge is 0.379 e. The van der Waals surface area contributed by atoms with Crippen LogP contribution in [-0.4, -0.2) is 91.9 Å². The van der Waals surface area contributed by atoms with Crippen LogP contribution < -0.4 is 0 Å². The molecule has 8 nitrogen and oxygen atoms in total. The summed E-state index contributed by atoms with van der Waals surface area (Å²) < 4.78 is 41.9. The van der Waals surface area contributed by atoms with E-state index in [-0.39, 0.29) is 0 Å². The summed E-state index contributed by atoms with van der Waals surface area (Å²) in [6, 6.07) is 1.61. The van der Waals surface area contributed by atoms with Gasteiger partial charge in [-0.2, -0.15) is 12.6 Å². The van der Waals surface area contributed by atoms with Crippen LogP contribution in [0.5, 0.6) is 0 Å². The van der Waals surface area contributed by atoms with E-state index in [1.807, 2.05) is 0 Å². The minimum atomic E-state index is -2.39. The fourth-order valence-corrected chi connectivity index (χ4v) is 6.05. The molecule has 0 N–H and O–H groups in total. The largest absolute Gasteiger partial charge is 0.500 e. The predicted molar refractivity (Wildman–Crippen MR) is 107 cm³/mol. The van der Waals surface area contributed by atoms with Crippen molar-refractivity contribution < 1.29 is 36.0 Å². The van der Waals surface area contributed by atoms with E-state index in [0.717, 1.165) is 37.3 Å². The third-order valence-electron chi connectivity index (χ3n) is 3.98. The molecule has 1 aliphatic rings. The molecule has 0 aliphatic carbocycles. The van der Waals surface area contributed by atoms with Crippen LogP contribution in [0.15, 0.2) is 0 Å². The monoisotopic (exact) mass is 432 g/mol. The van der Waals surface area contributed by atoms with Crippen molar-refractivity contribution in [1.82, 2.24) is 0 Å². The highest BCUT2D eigenvalue weighted by Crippen LogP contribution is 2.16. The Balaban J connectivity index is 0.000000508. The maximum absolute atomic E-state index is 5.42. The van der Waals surface area contributed by atoms with Crippen molar-refractivity contribution in [3.63, 3.8) is 0 Å². The van der Waals surface area contributed by atoms with E-state index in [2.05, 4.69) is 12.6 Å². The summed E-state index contributed by atoms with van der Waals surface area (Å²) in [4.78, 5) is 0. The van der Waals surface area contributed by atoms with Gasteiger partial charge in [-0.25, -0.2) is 0 Å². The zero-order valence-electron chi connectivity index (χ0n) is 16.9. The van der Waals surface area contributed by atoms with E-state index in [4.69, 9.17) is 36.0 Å². The maximum atomic E-state index is 5.42. The molecular formula is C15H36O8SSi2. The highest BCUT2D eigenvalue weighted by Gasteiger charge is 2.37. The first-order valence-electron chi connectivity index (χ1n) is 8.62. The van der Waals surface area contributed by atoms with Gasteiger partial charge in [-0.1, -0.05) is 0 Å². The van der Waals surface area contributed by atoms with Gasteiger partial charge in [-0.3, -0.25) is 0 Å². The number of hydrogen-bond acceptors (Lipinski definition) is 9. The fourth-order valence-electron chi connectivity index (χ4n) is 2.18. The number of ether oxygens (including phenoxy) is 2. The molecule has 1 atom stereocenters. The molecule has 0 bridgehead atoms. The maximum Gasteiger partial charge on any atom is 0.500 e. The SMILES string of the molecule is CO[Si](CCCOCC1CO1)(OC)OC.CO[Si](CCCS)(OC)OC. The van der Waals surface area contributed by atoms with Crippen LogP contribution in [0.25, 0.3) is 0 Å². The molecule has 1 heterocycles. The van der Waals surface area contributed by atoms with Gasteiger partial charge in [0.05, 0.1) is 13.2 Å². The second-order valence-corrected chi connectivity index (χ2v) is 12.2. The zero-order chi connectivity index (χ0) is 19.9. The fraction of sp³-hybridized carbons (Fsp3) is 1.00. The van der Waals surface area contributed by atoms with Crippen molar-refractivity contribution in [2.45, 2.75) is 31.0 Å². The molecule has 0 aromatic rings. The second-order valence-electron chi connectivity index (χ2n) is 5.55. The van der Waals surface area contributed by atoms with Crippen LogP contribution in [0.1, 0.15) is 12.8 Å². The van der Waals surface area contributed by atoms with Gasteiger partial charge in [0.2, 0.25) is 0 Å². The van der Waals surface area contributed by atoms with Gasteiger partial charge in [0.1, 0.15) is 6.10 Å². The van der Waals surface area contributed by atoms with E-state index in [1.165, 1.54) is 0 Å². The van der Waals surface area contributed by atoms with Gasteiger partial charge < -0.3 is 36.0 Å². The standard InChI is InChI=1S/C9H20O5Si.C6H16O3SSi/c1-10-15(11-2,12-3)6-4-5-13-7-9-8-14-9;1-7-11(8-2,9-3)6-4-5-10/h9H,4-8H2,1-3H3;10H,4-6H2,1-3H3. The number of rotatable bonds is 15. The molecule has 26 heavy (non-hydrogen) atoms. The summed E-state index contributed by atoms with van der Waals surface area (Å²) in [5, 5.41) is 0. The minimum absolute atomic E-state index is 0.333. The summed E-state index contributed by atoms with van der Waals surface area (Å²) in [5.74, 6) is 0.838. The van der Waals surface area contributed by atoms with E-state index < -0.39 is 17.6 Å². The lowest BCUT2D eigenvalue weighted by molar-refractivity contribution is 0.100. The van der Waals surface area contributed by atoms with Gasteiger partial charge in [-0.15, -0.1) is 0 Å². The van der Waals surface area contributed by atoms with Gasteiger partial charge in [0.15, 0.2) is 0 Å². The third kappa shape index (κ3) is 10.7. The Kier molecular flexibility index (Phi) is 15.7. The van der Waals surface area contributed by atoms with Crippen molar-refractivity contribution in [3.8, 4) is 0 Å². The highest BCUT2D eigenvalue weighted by molar-refractivity contribution is 7.80. The zero-order valence-corrected chi connectivity index (χ0v) is 19.8. The lowest BCUT2D eigenvalue weighted by Crippen LogP contribution is -2.42. The molecule has 0 amide bonds. The quantitative estimate of drug-likeness (QED) is 0.182. The molecule has 0 saturated carbocycles. The Morgan fingerprint density at radius 2 is 1.23 bits per heavy atom. The summed E-state index contributed by atoms with van der Waals surface area (Å²) in [6.07, 6.45) is 2.18. The molecular weight excluding hydrogens is 396 g/mol. The van der Waals surface area contributed by atoms with Crippen molar-refractivity contribution in [3.05, 3.63) is 0 Å². The molecule has 1 rings (SSSR count). The average molecular weight is 433 g/mol. The van der Waals surface area contributed by atoms with Crippen molar-refractivity contribution in [2.75, 3.05) is 68.2 Å². The Hall–Kier alpha value is 0.464. The van der Waals surface area contributed by atoms with Crippen LogP contribution in [-0.2, 0) is 36.0 Å². The Morgan fingerprint density at radius 3 is 1.58 bits per heavy atom. The molecule has 11 heteroatoms. The average Bonchev–Trinajstić information content (AvgIpc) is 3.52. The van der Waals surface area contributed by atoms with Crippen molar-refractivity contribution in [1.29, 1.82) is 0 Å². The van der Waals surface area contributed by atoms with E-state index in [9.17, 15) is 0 Å². The van der Waals surface area contributed by atoms with Gasteiger partial charge in [0, 0.05) is 61.4 Å². The lowest BCUT2D eigenvalue weighted by Gasteiger charge is -2.24. The van der Waals surface area contributed by atoms with Gasteiger partial charge in [-0.05, 0) is 18.6 Å². The molecule has 1 aliphatic heterocycles.